The van der Waals surface area contributed by atoms with E-state index in [1.165, 1.54) is 0 Å². The van der Waals surface area contributed by atoms with E-state index in [0.717, 1.165) is 29.7 Å². The van der Waals surface area contributed by atoms with Gasteiger partial charge in [0.15, 0.2) is 0 Å². The van der Waals surface area contributed by atoms with Crippen molar-refractivity contribution in [3.8, 4) is 0 Å². The molecule has 90 valence electrons. The minimum Gasteiger partial charge on any atom is -0.383 e. The molecule has 0 amide bonds. The third-order valence-electron chi connectivity index (χ3n) is 2.68. The van der Waals surface area contributed by atoms with Crippen molar-refractivity contribution in [1.29, 1.82) is 0 Å². The Morgan fingerprint density at radius 3 is 2.81 bits per heavy atom. The van der Waals surface area contributed by atoms with E-state index < -0.39 is 0 Å². The molecule has 1 rings (SSSR count). The maximum Gasteiger partial charge on any atom is 0.0637 e. The maximum absolute atomic E-state index is 5.14. The number of halogens is 1. The molecule has 1 aromatic rings. The molecule has 4 heteroatoms. The number of pyridine rings is 1. The quantitative estimate of drug-likeness (QED) is 0.804. The molecule has 1 unspecified atom stereocenters. The van der Waals surface area contributed by atoms with Gasteiger partial charge in [0.2, 0.25) is 0 Å². The van der Waals surface area contributed by atoms with Gasteiger partial charge in [-0.3, -0.25) is 4.98 Å². The van der Waals surface area contributed by atoms with E-state index in [2.05, 4.69) is 45.7 Å². The van der Waals surface area contributed by atoms with Crippen LogP contribution in [0.1, 0.15) is 20.3 Å². The maximum atomic E-state index is 5.14. The lowest BCUT2D eigenvalue weighted by molar-refractivity contribution is 0.203. The van der Waals surface area contributed by atoms with Crippen LogP contribution in [0.5, 0.6) is 0 Å². The molecule has 0 bridgehead atoms. The monoisotopic (exact) mass is 286 g/mol. The number of anilines is 1. The van der Waals surface area contributed by atoms with Crippen LogP contribution in [0.15, 0.2) is 22.9 Å². The Bertz CT molecular complexity index is 320. The van der Waals surface area contributed by atoms with Crippen molar-refractivity contribution < 1.29 is 4.74 Å². The van der Waals surface area contributed by atoms with E-state index in [9.17, 15) is 0 Å². The molecule has 0 radical (unpaired) electrons. The summed E-state index contributed by atoms with van der Waals surface area (Å²) in [6.45, 7) is 6.03. The van der Waals surface area contributed by atoms with Crippen LogP contribution in [0.25, 0.3) is 0 Å². The summed E-state index contributed by atoms with van der Waals surface area (Å²) in [6.07, 6.45) is 4.80. The van der Waals surface area contributed by atoms with Crippen LogP contribution < -0.4 is 4.90 Å². The number of nitrogens with zero attached hydrogens (tertiary/aromatic N) is 2. The summed E-state index contributed by atoms with van der Waals surface area (Å²) in [5.74, 6) is 0. The molecule has 0 saturated carbocycles. The van der Waals surface area contributed by atoms with Crippen LogP contribution in [0, 0.1) is 0 Å². The Morgan fingerprint density at radius 1 is 1.50 bits per heavy atom. The smallest absolute Gasteiger partial charge is 0.0637 e. The van der Waals surface area contributed by atoms with E-state index in [1.54, 1.807) is 13.3 Å². The lowest BCUT2D eigenvalue weighted by Crippen LogP contribution is -2.35. The van der Waals surface area contributed by atoms with E-state index in [1.807, 2.05) is 6.20 Å². The number of hydrogen-bond acceptors (Lipinski definition) is 3. The highest BCUT2D eigenvalue weighted by Crippen LogP contribution is 2.21. The summed E-state index contributed by atoms with van der Waals surface area (Å²) in [6, 6.07) is 2.58. The standard InChI is InChI=1S/C12H19BrN2O/c1-4-10(2)15(5-6-16-3)12-7-11(13)8-14-9-12/h7-10H,4-6H2,1-3H3. The van der Waals surface area contributed by atoms with Gasteiger partial charge in [0, 0.05) is 30.4 Å². The molecule has 16 heavy (non-hydrogen) atoms. The molecule has 1 atom stereocenters. The van der Waals surface area contributed by atoms with Crippen molar-refractivity contribution in [2.75, 3.05) is 25.2 Å². The topological polar surface area (TPSA) is 25.4 Å². The first-order chi connectivity index (χ1) is 7.69. The Morgan fingerprint density at radius 2 is 2.25 bits per heavy atom. The Kier molecular flexibility index (Phi) is 5.77. The van der Waals surface area contributed by atoms with Gasteiger partial charge in [-0.05, 0) is 35.3 Å². The van der Waals surface area contributed by atoms with Gasteiger partial charge < -0.3 is 9.64 Å². The van der Waals surface area contributed by atoms with Crippen LogP contribution in [0.4, 0.5) is 5.69 Å². The fraction of sp³-hybridized carbons (Fsp3) is 0.583. The van der Waals surface area contributed by atoms with Crippen molar-refractivity contribution in [1.82, 2.24) is 4.98 Å². The van der Waals surface area contributed by atoms with Gasteiger partial charge in [-0.25, -0.2) is 0 Å². The zero-order chi connectivity index (χ0) is 12.0. The van der Waals surface area contributed by atoms with Gasteiger partial charge in [0.25, 0.3) is 0 Å². The average Bonchev–Trinajstić information content (AvgIpc) is 2.29. The summed E-state index contributed by atoms with van der Waals surface area (Å²) in [4.78, 5) is 6.52. The number of hydrogen-bond donors (Lipinski definition) is 0. The minimum atomic E-state index is 0.492. The molecule has 1 heterocycles. The average molecular weight is 287 g/mol. The second-order valence-electron chi connectivity index (χ2n) is 3.80. The molecule has 0 spiro atoms. The van der Waals surface area contributed by atoms with Crippen molar-refractivity contribution >= 4 is 21.6 Å². The zero-order valence-electron chi connectivity index (χ0n) is 10.1. The molecule has 0 aromatic carbocycles. The lowest BCUT2D eigenvalue weighted by atomic mass is 10.2. The third-order valence-corrected chi connectivity index (χ3v) is 3.11. The van der Waals surface area contributed by atoms with Gasteiger partial charge >= 0.3 is 0 Å². The predicted molar refractivity (Wildman–Crippen MR) is 70.9 cm³/mol. The SMILES string of the molecule is CCC(C)N(CCOC)c1cncc(Br)c1. The van der Waals surface area contributed by atoms with E-state index in [0.29, 0.717) is 6.04 Å². The molecule has 1 aromatic heterocycles. The van der Waals surface area contributed by atoms with Crippen LogP contribution in [-0.4, -0.2) is 31.3 Å². The summed E-state index contributed by atoms with van der Waals surface area (Å²) in [7, 11) is 1.73. The molecular formula is C12H19BrN2O. The predicted octanol–water partition coefficient (Wildman–Crippen LogP) is 3.10. The Labute approximate surface area is 106 Å². The number of aromatic nitrogens is 1. The van der Waals surface area contributed by atoms with E-state index >= 15 is 0 Å². The molecule has 0 N–H and O–H groups in total. The molecule has 0 fully saturated rings. The van der Waals surface area contributed by atoms with Crippen LogP contribution in [0.2, 0.25) is 0 Å². The van der Waals surface area contributed by atoms with Crippen molar-refractivity contribution in [2.24, 2.45) is 0 Å². The van der Waals surface area contributed by atoms with Gasteiger partial charge in [-0.1, -0.05) is 6.92 Å². The Balaban J connectivity index is 2.82. The lowest BCUT2D eigenvalue weighted by Gasteiger charge is -2.30. The minimum absolute atomic E-state index is 0.492. The van der Waals surface area contributed by atoms with Crippen LogP contribution >= 0.6 is 15.9 Å². The molecular weight excluding hydrogens is 268 g/mol. The first-order valence-corrected chi connectivity index (χ1v) is 6.34. The molecule has 0 aliphatic heterocycles. The van der Waals surface area contributed by atoms with Gasteiger partial charge in [-0.2, -0.15) is 0 Å². The number of rotatable bonds is 6. The second-order valence-corrected chi connectivity index (χ2v) is 4.72. The first kappa shape index (κ1) is 13.5. The molecule has 0 aliphatic rings. The number of methoxy groups -OCH3 is 1. The summed E-state index contributed by atoms with van der Waals surface area (Å²) in [5.41, 5.74) is 1.14. The third kappa shape index (κ3) is 3.76. The fourth-order valence-electron chi connectivity index (χ4n) is 1.57. The summed E-state index contributed by atoms with van der Waals surface area (Å²) in [5, 5.41) is 0. The second kappa shape index (κ2) is 6.86. The molecule has 0 saturated heterocycles. The Hall–Kier alpha value is -0.610. The molecule has 0 aliphatic carbocycles. The van der Waals surface area contributed by atoms with Gasteiger partial charge in [0.05, 0.1) is 18.5 Å². The van der Waals surface area contributed by atoms with Gasteiger partial charge in [0.1, 0.15) is 0 Å². The van der Waals surface area contributed by atoms with Crippen LogP contribution in [0.3, 0.4) is 0 Å². The largest absolute Gasteiger partial charge is 0.383 e. The van der Waals surface area contributed by atoms with E-state index in [-0.39, 0.29) is 0 Å². The summed E-state index contributed by atoms with van der Waals surface area (Å²) < 4.78 is 6.15. The zero-order valence-corrected chi connectivity index (χ0v) is 11.7. The van der Waals surface area contributed by atoms with Crippen molar-refractivity contribution in [3.05, 3.63) is 22.9 Å². The molecule has 3 nitrogen and oxygen atoms in total. The fourth-order valence-corrected chi connectivity index (χ4v) is 1.92. The highest BCUT2D eigenvalue weighted by molar-refractivity contribution is 9.10. The first-order valence-electron chi connectivity index (χ1n) is 5.55. The van der Waals surface area contributed by atoms with Crippen molar-refractivity contribution in [3.63, 3.8) is 0 Å². The summed E-state index contributed by atoms with van der Waals surface area (Å²) >= 11 is 3.45. The van der Waals surface area contributed by atoms with E-state index in [4.69, 9.17) is 4.74 Å². The highest BCUT2D eigenvalue weighted by atomic mass is 79.9. The van der Waals surface area contributed by atoms with Crippen molar-refractivity contribution in [2.45, 2.75) is 26.3 Å². The number of ether oxygens (including phenoxy) is 1. The van der Waals surface area contributed by atoms with Crippen LogP contribution in [-0.2, 0) is 4.74 Å². The normalized spacial score (nSPS) is 12.5. The van der Waals surface area contributed by atoms with Gasteiger partial charge in [-0.15, -0.1) is 0 Å². The highest BCUT2D eigenvalue weighted by Gasteiger charge is 2.13.